The lowest BCUT2D eigenvalue weighted by molar-refractivity contribution is -0.123. The molecule has 3 rings (SSSR count). The smallest absolute Gasteiger partial charge is 0.277 e. The largest absolute Gasteiger partial charge is 0.483 e. The molecule has 0 atom stereocenters. The lowest BCUT2D eigenvalue weighted by Crippen LogP contribution is -2.24. The molecule has 2 aromatic carbocycles. The third kappa shape index (κ3) is 4.06. The van der Waals surface area contributed by atoms with Crippen LogP contribution in [-0.2, 0) is 11.3 Å². The van der Waals surface area contributed by atoms with Crippen molar-refractivity contribution in [3.63, 3.8) is 0 Å². The van der Waals surface area contributed by atoms with Crippen LogP contribution in [0, 0.1) is 0 Å². The van der Waals surface area contributed by atoms with Crippen molar-refractivity contribution in [3.8, 4) is 5.75 Å². The van der Waals surface area contributed by atoms with Crippen molar-refractivity contribution in [1.82, 2.24) is 15.0 Å². The molecular weight excluding hydrogens is 384 g/mol. The van der Waals surface area contributed by atoms with Crippen molar-refractivity contribution in [1.29, 1.82) is 0 Å². The molecular formula is C18H17BrN4O2. The maximum atomic E-state index is 11.9. The van der Waals surface area contributed by atoms with E-state index in [0.717, 1.165) is 22.1 Å². The SMILES string of the molecule is CCn1c(/C=N\NC(=O)COc2ccccc2Br)nc2ccccc21. The summed E-state index contributed by atoms with van der Waals surface area (Å²) in [6.45, 7) is 2.68. The number of aryl methyl sites for hydroxylation is 1. The molecule has 6 nitrogen and oxygen atoms in total. The summed E-state index contributed by atoms with van der Waals surface area (Å²) in [5, 5.41) is 3.98. The van der Waals surface area contributed by atoms with E-state index in [9.17, 15) is 4.79 Å². The Kier molecular flexibility index (Phi) is 5.45. The molecule has 0 bridgehead atoms. The van der Waals surface area contributed by atoms with Crippen molar-refractivity contribution in [2.24, 2.45) is 5.10 Å². The predicted molar refractivity (Wildman–Crippen MR) is 101 cm³/mol. The Balaban J connectivity index is 1.61. The van der Waals surface area contributed by atoms with Gasteiger partial charge in [0, 0.05) is 6.54 Å². The number of ether oxygens (including phenoxy) is 1. The van der Waals surface area contributed by atoms with Crippen molar-refractivity contribution < 1.29 is 9.53 Å². The average Bonchev–Trinajstić information content (AvgIpc) is 2.98. The van der Waals surface area contributed by atoms with Gasteiger partial charge in [-0.2, -0.15) is 5.10 Å². The Morgan fingerprint density at radius 2 is 2.04 bits per heavy atom. The summed E-state index contributed by atoms with van der Waals surface area (Å²) in [4.78, 5) is 16.4. The predicted octanol–water partition coefficient (Wildman–Crippen LogP) is 3.35. The molecule has 0 aliphatic carbocycles. The Morgan fingerprint density at radius 3 is 2.84 bits per heavy atom. The highest BCUT2D eigenvalue weighted by atomic mass is 79.9. The lowest BCUT2D eigenvalue weighted by Gasteiger charge is -2.06. The molecule has 128 valence electrons. The Labute approximate surface area is 153 Å². The maximum absolute atomic E-state index is 11.9. The summed E-state index contributed by atoms with van der Waals surface area (Å²) < 4.78 is 8.27. The monoisotopic (exact) mass is 400 g/mol. The highest BCUT2D eigenvalue weighted by Gasteiger charge is 2.07. The summed E-state index contributed by atoms with van der Waals surface area (Å²) in [7, 11) is 0. The fourth-order valence-corrected chi connectivity index (χ4v) is 2.82. The number of nitrogens with zero attached hydrogens (tertiary/aromatic N) is 3. The standard InChI is InChI=1S/C18H17BrN4O2/c1-2-23-15-9-5-4-8-14(15)21-17(23)11-20-22-18(24)12-25-16-10-6-3-7-13(16)19/h3-11H,2,12H2,1H3,(H,22,24)/b20-11-. The molecule has 7 heteroatoms. The molecule has 0 spiro atoms. The van der Waals surface area contributed by atoms with Gasteiger partial charge in [-0.3, -0.25) is 4.79 Å². The molecule has 0 fully saturated rings. The molecule has 0 radical (unpaired) electrons. The first-order chi connectivity index (χ1) is 12.2. The van der Waals surface area contributed by atoms with Gasteiger partial charge in [0.15, 0.2) is 12.4 Å². The van der Waals surface area contributed by atoms with Gasteiger partial charge in [0.2, 0.25) is 0 Å². The molecule has 0 unspecified atom stereocenters. The second-order valence-corrected chi connectivity index (χ2v) is 6.07. The van der Waals surface area contributed by atoms with E-state index < -0.39 is 0 Å². The number of halogens is 1. The molecule has 0 aliphatic heterocycles. The second kappa shape index (κ2) is 7.94. The zero-order valence-electron chi connectivity index (χ0n) is 13.6. The highest BCUT2D eigenvalue weighted by Crippen LogP contribution is 2.23. The van der Waals surface area contributed by atoms with Crippen LogP contribution < -0.4 is 10.2 Å². The first-order valence-electron chi connectivity index (χ1n) is 7.83. The summed E-state index contributed by atoms with van der Waals surface area (Å²) >= 11 is 3.36. The number of imidazole rings is 1. The number of para-hydroxylation sites is 3. The van der Waals surface area contributed by atoms with Crippen LogP contribution in [0.1, 0.15) is 12.7 Å². The van der Waals surface area contributed by atoms with E-state index >= 15 is 0 Å². The third-order valence-electron chi connectivity index (χ3n) is 3.56. The van der Waals surface area contributed by atoms with Gasteiger partial charge in [-0.05, 0) is 47.1 Å². The summed E-state index contributed by atoms with van der Waals surface area (Å²) in [6, 6.07) is 15.2. The Bertz CT molecular complexity index is 920. The van der Waals surface area contributed by atoms with Crippen molar-refractivity contribution in [2.75, 3.05) is 6.61 Å². The number of rotatable bonds is 6. The van der Waals surface area contributed by atoms with E-state index in [1.54, 1.807) is 12.3 Å². The first-order valence-corrected chi connectivity index (χ1v) is 8.63. The van der Waals surface area contributed by atoms with E-state index in [1.165, 1.54) is 0 Å². The minimum absolute atomic E-state index is 0.121. The van der Waals surface area contributed by atoms with Crippen LogP contribution in [-0.4, -0.2) is 28.3 Å². The molecule has 3 aromatic rings. The van der Waals surface area contributed by atoms with Gasteiger partial charge in [0.05, 0.1) is 21.7 Å². The molecule has 0 saturated carbocycles. The zero-order valence-corrected chi connectivity index (χ0v) is 15.2. The molecule has 1 N–H and O–H groups in total. The number of hydrazone groups is 1. The van der Waals surface area contributed by atoms with Crippen molar-refractivity contribution in [3.05, 3.63) is 58.8 Å². The van der Waals surface area contributed by atoms with Gasteiger partial charge in [-0.25, -0.2) is 10.4 Å². The number of hydrogen-bond acceptors (Lipinski definition) is 4. The van der Waals surface area contributed by atoms with E-state index in [2.05, 4.69) is 31.4 Å². The highest BCUT2D eigenvalue weighted by molar-refractivity contribution is 9.10. The van der Waals surface area contributed by atoms with Crippen molar-refractivity contribution >= 4 is 39.1 Å². The quantitative estimate of drug-likeness (QED) is 0.509. The van der Waals surface area contributed by atoms with Gasteiger partial charge in [-0.1, -0.05) is 24.3 Å². The second-order valence-electron chi connectivity index (χ2n) is 5.22. The summed E-state index contributed by atoms with van der Waals surface area (Å²) in [6.07, 6.45) is 1.54. The summed E-state index contributed by atoms with van der Waals surface area (Å²) in [5.41, 5.74) is 4.39. The Hall–Kier alpha value is -2.67. The number of nitrogens with one attached hydrogen (secondary N) is 1. The van der Waals surface area contributed by atoms with Crippen LogP contribution in [0.3, 0.4) is 0 Å². The number of carbonyl (C=O) groups excluding carboxylic acids is 1. The first kappa shape index (κ1) is 17.2. The third-order valence-corrected chi connectivity index (χ3v) is 4.22. The number of fused-ring (bicyclic) bond motifs is 1. The average molecular weight is 401 g/mol. The van der Waals surface area contributed by atoms with Crippen LogP contribution in [0.5, 0.6) is 5.75 Å². The van der Waals surface area contributed by atoms with E-state index in [-0.39, 0.29) is 12.5 Å². The minimum atomic E-state index is -0.342. The topological polar surface area (TPSA) is 68.5 Å². The Morgan fingerprint density at radius 1 is 1.28 bits per heavy atom. The number of amides is 1. The van der Waals surface area contributed by atoms with Gasteiger partial charge >= 0.3 is 0 Å². The number of benzene rings is 2. The molecule has 1 aromatic heterocycles. The van der Waals surface area contributed by atoms with Crippen LogP contribution in [0.15, 0.2) is 58.1 Å². The van der Waals surface area contributed by atoms with E-state index in [1.807, 2.05) is 54.0 Å². The van der Waals surface area contributed by atoms with Crippen molar-refractivity contribution in [2.45, 2.75) is 13.5 Å². The number of aromatic nitrogens is 2. The number of hydrogen-bond donors (Lipinski definition) is 1. The molecule has 0 aliphatic rings. The maximum Gasteiger partial charge on any atom is 0.277 e. The molecule has 1 heterocycles. The van der Waals surface area contributed by atoms with Gasteiger partial charge in [0.25, 0.3) is 5.91 Å². The van der Waals surface area contributed by atoms with Gasteiger partial charge in [0.1, 0.15) is 5.75 Å². The van der Waals surface area contributed by atoms with Crippen LogP contribution >= 0.6 is 15.9 Å². The van der Waals surface area contributed by atoms with E-state index in [4.69, 9.17) is 4.74 Å². The van der Waals surface area contributed by atoms with Crippen LogP contribution in [0.4, 0.5) is 0 Å². The fourth-order valence-electron chi connectivity index (χ4n) is 2.42. The van der Waals surface area contributed by atoms with Crippen LogP contribution in [0.2, 0.25) is 0 Å². The normalized spacial score (nSPS) is 11.1. The fraction of sp³-hybridized carbons (Fsp3) is 0.167. The number of carbonyl (C=O) groups is 1. The minimum Gasteiger partial charge on any atom is -0.483 e. The van der Waals surface area contributed by atoms with E-state index in [0.29, 0.717) is 11.6 Å². The molecule has 0 saturated heterocycles. The lowest BCUT2D eigenvalue weighted by atomic mass is 10.3. The molecule has 25 heavy (non-hydrogen) atoms. The van der Waals surface area contributed by atoms with Gasteiger partial charge in [-0.15, -0.1) is 0 Å². The zero-order chi connectivity index (χ0) is 17.6. The van der Waals surface area contributed by atoms with Gasteiger partial charge < -0.3 is 9.30 Å². The summed E-state index contributed by atoms with van der Waals surface area (Å²) in [5.74, 6) is 0.955. The molecule has 1 amide bonds. The van der Waals surface area contributed by atoms with Crippen LogP contribution in [0.25, 0.3) is 11.0 Å².